The van der Waals surface area contributed by atoms with Crippen molar-refractivity contribution in [2.24, 2.45) is 0 Å². The number of ether oxygens (including phenoxy) is 2. The van der Waals surface area contributed by atoms with Crippen molar-refractivity contribution in [3.8, 4) is 5.75 Å². The van der Waals surface area contributed by atoms with Crippen LogP contribution in [0.3, 0.4) is 0 Å². The first kappa shape index (κ1) is 19.3. The Morgan fingerprint density at radius 3 is 2.52 bits per heavy atom. The quantitative estimate of drug-likeness (QED) is 0.449. The Hall–Kier alpha value is -2.06. The van der Waals surface area contributed by atoms with Crippen LogP contribution in [0.4, 0.5) is 0 Å². The van der Waals surface area contributed by atoms with Crippen LogP contribution in [0, 0.1) is 0 Å². The lowest BCUT2D eigenvalue weighted by molar-refractivity contribution is -0.149. The van der Waals surface area contributed by atoms with Gasteiger partial charge in [0.2, 0.25) is 6.10 Å². The Morgan fingerprint density at radius 1 is 1.24 bits per heavy atom. The highest BCUT2D eigenvalue weighted by Crippen LogP contribution is 2.31. The molecule has 0 saturated heterocycles. The summed E-state index contributed by atoms with van der Waals surface area (Å²) in [5.74, 6) is -0.780. The lowest BCUT2D eigenvalue weighted by Gasteiger charge is -2.20. The van der Waals surface area contributed by atoms with E-state index in [0.29, 0.717) is 11.3 Å². The van der Waals surface area contributed by atoms with Gasteiger partial charge >= 0.3 is 13.1 Å². The lowest BCUT2D eigenvalue weighted by Crippen LogP contribution is -2.33. The fourth-order valence-corrected chi connectivity index (χ4v) is 2.71. The first-order chi connectivity index (χ1) is 11.9. The number of rotatable bonds is 6. The zero-order valence-corrected chi connectivity index (χ0v) is 14.5. The molecule has 2 rings (SSSR count). The zero-order chi connectivity index (χ0) is 18.6. The highest BCUT2D eigenvalue weighted by Gasteiger charge is 2.28. The van der Waals surface area contributed by atoms with Crippen LogP contribution < -0.4 is 10.2 Å². The number of hydrogen-bond donors (Lipinski definition) is 2. The van der Waals surface area contributed by atoms with E-state index in [0.717, 1.165) is 0 Å². The van der Waals surface area contributed by atoms with Crippen LogP contribution in [-0.4, -0.2) is 36.5 Å². The van der Waals surface area contributed by atoms with Crippen LogP contribution >= 0.6 is 23.2 Å². The topological polar surface area (TPSA) is 93.1 Å². The molecule has 25 heavy (non-hydrogen) atoms. The molecule has 0 radical (unpaired) electrons. The Bertz CT molecular complexity index is 796. The number of aldehydes is 1. The van der Waals surface area contributed by atoms with Gasteiger partial charge in [-0.3, -0.25) is 4.79 Å². The molecule has 0 spiro atoms. The molecule has 130 valence electrons. The maximum atomic E-state index is 12.1. The monoisotopic (exact) mass is 382 g/mol. The molecule has 6 nitrogen and oxygen atoms in total. The van der Waals surface area contributed by atoms with Crippen molar-refractivity contribution in [3.05, 3.63) is 57.6 Å². The molecule has 1 unspecified atom stereocenters. The highest BCUT2D eigenvalue weighted by molar-refractivity contribution is 6.60. The average Bonchev–Trinajstić information content (AvgIpc) is 2.59. The van der Waals surface area contributed by atoms with Gasteiger partial charge in [-0.2, -0.15) is 0 Å². The van der Waals surface area contributed by atoms with Gasteiger partial charge in [-0.1, -0.05) is 41.4 Å². The van der Waals surface area contributed by atoms with Gasteiger partial charge in [0.25, 0.3) is 0 Å². The minimum absolute atomic E-state index is 0.0259. The molecule has 0 saturated carbocycles. The van der Waals surface area contributed by atoms with Crippen LogP contribution in [-0.2, 0) is 9.53 Å². The Labute approximate surface area is 154 Å². The van der Waals surface area contributed by atoms with Gasteiger partial charge in [0.1, 0.15) is 5.75 Å². The van der Waals surface area contributed by atoms with Gasteiger partial charge in [-0.05, 0) is 23.7 Å². The normalized spacial score (nSPS) is 11.6. The fraction of sp³-hybridized carbons (Fsp3) is 0.125. The number of esters is 1. The minimum Gasteiger partial charge on any atom is -0.473 e. The molecule has 1 atom stereocenters. The van der Waals surface area contributed by atoms with Gasteiger partial charge in [-0.15, -0.1) is 0 Å². The SMILES string of the molecule is COC(=O)C(Oc1cccc(B(O)O)c1C=O)c1ccc(Cl)cc1Cl. The molecule has 0 fully saturated rings. The van der Waals surface area contributed by atoms with Crippen LogP contribution in [0.5, 0.6) is 5.75 Å². The standard InChI is InChI=1S/C16H13BCl2O6/c1-24-16(21)15(10-6-5-9(18)7-13(10)19)25-14-4-2-3-12(17(22)23)11(14)8-20/h2-8,15,22-23H,1H3. The number of carbonyl (C=O) groups excluding carboxylic acids is 2. The second-order valence-corrected chi connectivity index (χ2v) is 5.78. The van der Waals surface area contributed by atoms with Gasteiger partial charge in [0.05, 0.1) is 12.7 Å². The van der Waals surface area contributed by atoms with Crippen molar-refractivity contribution in [1.29, 1.82) is 0 Å². The summed E-state index contributed by atoms with van der Waals surface area (Å²) in [6.07, 6.45) is -0.874. The molecular weight excluding hydrogens is 370 g/mol. The molecule has 0 bridgehead atoms. The van der Waals surface area contributed by atoms with Gasteiger partial charge in [0, 0.05) is 15.6 Å². The van der Waals surface area contributed by atoms with E-state index in [1.54, 1.807) is 0 Å². The molecule has 2 aromatic carbocycles. The Kier molecular flexibility index (Phi) is 6.44. The molecule has 2 N–H and O–H groups in total. The molecule has 0 heterocycles. The third-order valence-corrected chi connectivity index (χ3v) is 3.96. The predicted octanol–water partition coefficient (Wildman–Crippen LogP) is 1.78. The van der Waals surface area contributed by atoms with Crippen LogP contribution in [0.25, 0.3) is 0 Å². The lowest BCUT2D eigenvalue weighted by atomic mass is 9.77. The maximum absolute atomic E-state index is 12.1. The predicted molar refractivity (Wildman–Crippen MR) is 93.5 cm³/mol. The van der Waals surface area contributed by atoms with Crippen molar-refractivity contribution in [1.82, 2.24) is 0 Å². The Morgan fingerprint density at radius 2 is 1.96 bits per heavy atom. The average molecular weight is 383 g/mol. The number of methoxy groups -OCH3 is 1. The zero-order valence-electron chi connectivity index (χ0n) is 13.0. The van der Waals surface area contributed by atoms with Gasteiger partial charge < -0.3 is 19.5 Å². The molecule has 0 aromatic heterocycles. The molecular formula is C16H13BCl2O6. The largest absolute Gasteiger partial charge is 0.489 e. The van der Waals surface area contributed by atoms with Crippen LogP contribution in [0.1, 0.15) is 22.0 Å². The maximum Gasteiger partial charge on any atom is 0.489 e. The fourth-order valence-electron chi connectivity index (χ4n) is 2.20. The number of carbonyl (C=O) groups is 2. The smallest absolute Gasteiger partial charge is 0.473 e. The summed E-state index contributed by atoms with van der Waals surface area (Å²) in [6.45, 7) is 0. The summed E-state index contributed by atoms with van der Waals surface area (Å²) in [6, 6.07) is 8.68. The number of benzene rings is 2. The number of hydrogen-bond acceptors (Lipinski definition) is 6. The Balaban J connectivity index is 2.50. The van der Waals surface area contributed by atoms with E-state index in [2.05, 4.69) is 0 Å². The summed E-state index contributed by atoms with van der Waals surface area (Å²) >= 11 is 12.0. The number of halogens is 2. The summed E-state index contributed by atoms with van der Waals surface area (Å²) in [5.41, 5.74) is 0.125. The molecule has 2 aromatic rings. The van der Waals surface area contributed by atoms with E-state index >= 15 is 0 Å². The molecule has 0 aliphatic rings. The van der Waals surface area contributed by atoms with Crippen LogP contribution in [0.15, 0.2) is 36.4 Å². The summed E-state index contributed by atoms with van der Waals surface area (Å²) in [5, 5.41) is 19.3. The van der Waals surface area contributed by atoms with Crippen molar-refractivity contribution in [2.75, 3.05) is 7.11 Å². The first-order valence-electron chi connectivity index (χ1n) is 7.02. The second-order valence-electron chi connectivity index (χ2n) is 4.94. The molecule has 0 amide bonds. The van der Waals surface area contributed by atoms with Crippen molar-refractivity contribution >= 4 is 48.0 Å². The van der Waals surface area contributed by atoms with E-state index < -0.39 is 19.2 Å². The summed E-state index contributed by atoms with van der Waals surface area (Å²) in [4.78, 5) is 23.5. The first-order valence-corrected chi connectivity index (χ1v) is 7.78. The third-order valence-electron chi connectivity index (χ3n) is 3.40. The van der Waals surface area contributed by atoms with Crippen molar-refractivity contribution in [2.45, 2.75) is 6.10 Å². The van der Waals surface area contributed by atoms with Gasteiger partial charge in [0.15, 0.2) is 6.29 Å². The van der Waals surface area contributed by atoms with Crippen molar-refractivity contribution < 1.29 is 29.1 Å². The van der Waals surface area contributed by atoms with Gasteiger partial charge in [-0.25, -0.2) is 4.79 Å². The van der Waals surface area contributed by atoms with E-state index in [1.807, 2.05) is 0 Å². The summed E-state index contributed by atoms with van der Waals surface area (Å²) in [7, 11) is -0.698. The molecule has 0 aliphatic heterocycles. The molecule has 0 aliphatic carbocycles. The molecule has 9 heteroatoms. The van der Waals surface area contributed by atoms with E-state index in [9.17, 15) is 19.6 Å². The van der Waals surface area contributed by atoms with E-state index in [-0.39, 0.29) is 27.4 Å². The van der Waals surface area contributed by atoms with Crippen molar-refractivity contribution in [3.63, 3.8) is 0 Å². The van der Waals surface area contributed by atoms with E-state index in [1.165, 1.54) is 43.5 Å². The second kappa shape index (κ2) is 8.35. The minimum atomic E-state index is -1.88. The van der Waals surface area contributed by atoms with E-state index in [4.69, 9.17) is 32.7 Å². The summed E-state index contributed by atoms with van der Waals surface area (Å²) < 4.78 is 10.4. The third kappa shape index (κ3) is 4.32. The van der Waals surface area contributed by atoms with Crippen LogP contribution in [0.2, 0.25) is 10.0 Å². The highest BCUT2D eigenvalue weighted by atomic mass is 35.5.